The first kappa shape index (κ1) is 11.0. The van der Waals surface area contributed by atoms with Crippen LogP contribution in [-0.4, -0.2) is 28.4 Å². The fourth-order valence-electron chi connectivity index (χ4n) is 3.99. The van der Waals surface area contributed by atoms with E-state index >= 15 is 0 Å². The Morgan fingerprint density at radius 1 is 1.06 bits per heavy atom. The minimum atomic E-state index is -1.36. The molecular formula is C12H20O4. The van der Waals surface area contributed by atoms with Crippen molar-refractivity contribution in [2.24, 2.45) is 11.8 Å². The number of ether oxygens (including phenoxy) is 1. The first-order chi connectivity index (χ1) is 7.74. The molecule has 0 radical (unpaired) electrons. The highest BCUT2D eigenvalue weighted by Gasteiger charge is 2.57. The normalized spacial score (nSPS) is 52.1. The maximum atomic E-state index is 10.3. The predicted molar refractivity (Wildman–Crippen MR) is 56.6 cm³/mol. The minimum absolute atomic E-state index is 0.0310. The van der Waals surface area contributed by atoms with Crippen LogP contribution in [0.15, 0.2) is 0 Å². The second-order valence-corrected chi connectivity index (χ2v) is 5.52. The summed E-state index contributed by atoms with van der Waals surface area (Å²) in [6, 6.07) is 0. The molecule has 92 valence electrons. The summed E-state index contributed by atoms with van der Waals surface area (Å²) in [5.41, 5.74) is 0. The van der Waals surface area contributed by atoms with Crippen molar-refractivity contribution in [2.75, 3.05) is 0 Å². The molecule has 0 amide bonds. The third kappa shape index (κ3) is 1.51. The van der Waals surface area contributed by atoms with Crippen LogP contribution in [-0.2, 0) is 9.62 Å². The number of hydrogen-bond acceptors (Lipinski definition) is 4. The van der Waals surface area contributed by atoms with Gasteiger partial charge < -0.3 is 9.84 Å². The molecule has 2 N–H and O–H groups in total. The standard InChI is InChI=1S/C12H20O4/c13-12(16-14)7-3-6-10-11(12)8-4-1-2-5-9(8)15-10/h8-11,13-14H,1-7H2. The Morgan fingerprint density at radius 2 is 1.81 bits per heavy atom. The molecule has 5 unspecified atom stereocenters. The van der Waals surface area contributed by atoms with E-state index in [2.05, 4.69) is 4.89 Å². The molecule has 16 heavy (non-hydrogen) atoms. The van der Waals surface area contributed by atoms with Crippen molar-refractivity contribution in [1.82, 2.24) is 0 Å². The van der Waals surface area contributed by atoms with E-state index in [0.717, 1.165) is 25.7 Å². The molecule has 1 aliphatic heterocycles. The zero-order valence-electron chi connectivity index (χ0n) is 9.47. The highest BCUT2D eigenvalue weighted by atomic mass is 17.1. The van der Waals surface area contributed by atoms with Gasteiger partial charge in [-0.1, -0.05) is 12.8 Å². The molecule has 2 saturated carbocycles. The van der Waals surface area contributed by atoms with Crippen molar-refractivity contribution in [2.45, 2.75) is 62.9 Å². The summed E-state index contributed by atoms with van der Waals surface area (Å²) in [5.74, 6) is -1.02. The molecule has 4 nitrogen and oxygen atoms in total. The lowest BCUT2D eigenvalue weighted by molar-refractivity contribution is -0.421. The Morgan fingerprint density at radius 3 is 2.62 bits per heavy atom. The number of fused-ring (bicyclic) bond motifs is 3. The topological polar surface area (TPSA) is 58.9 Å². The first-order valence-electron chi connectivity index (χ1n) is 6.45. The molecule has 0 aromatic carbocycles. The Hall–Kier alpha value is -0.160. The molecule has 0 aromatic heterocycles. The number of hydrogen-bond donors (Lipinski definition) is 2. The quantitative estimate of drug-likeness (QED) is 0.409. The Labute approximate surface area is 95.5 Å². The maximum absolute atomic E-state index is 10.3. The van der Waals surface area contributed by atoms with E-state index < -0.39 is 5.79 Å². The molecule has 3 rings (SSSR count). The average Bonchev–Trinajstić information content (AvgIpc) is 2.69. The first-order valence-corrected chi connectivity index (χ1v) is 6.45. The van der Waals surface area contributed by atoms with Crippen molar-refractivity contribution in [3.05, 3.63) is 0 Å². The van der Waals surface area contributed by atoms with Crippen molar-refractivity contribution >= 4 is 0 Å². The van der Waals surface area contributed by atoms with E-state index in [1.165, 1.54) is 12.8 Å². The van der Waals surface area contributed by atoms with Crippen LogP contribution >= 0.6 is 0 Å². The van der Waals surface area contributed by atoms with Gasteiger partial charge in [-0.3, -0.25) is 0 Å². The lowest BCUT2D eigenvalue weighted by Crippen LogP contribution is -2.50. The monoisotopic (exact) mass is 228 g/mol. The molecule has 3 fully saturated rings. The number of rotatable bonds is 1. The smallest absolute Gasteiger partial charge is 0.204 e. The molecule has 0 bridgehead atoms. The third-order valence-electron chi connectivity index (χ3n) is 4.67. The minimum Gasteiger partial charge on any atom is -0.374 e. The average molecular weight is 228 g/mol. The molecule has 1 saturated heterocycles. The van der Waals surface area contributed by atoms with Crippen LogP contribution in [0.4, 0.5) is 0 Å². The molecule has 0 spiro atoms. The van der Waals surface area contributed by atoms with Crippen LogP contribution in [0.3, 0.4) is 0 Å². The zero-order valence-corrected chi connectivity index (χ0v) is 9.47. The van der Waals surface area contributed by atoms with E-state index in [1.54, 1.807) is 0 Å². The van der Waals surface area contributed by atoms with Gasteiger partial charge in [0.25, 0.3) is 0 Å². The molecule has 3 aliphatic rings. The van der Waals surface area contributed by atoms with Crippen molar-refractivity contribution in [3.63, 3.8) is 0 Å². The van der Waals surface area contributed by atoms with Gasteiger partial charge in [0.2, 0.25) is 5.79 Å². The van der Waals surface area contributed by atoms with Gasteiger partial charge in [-0.15, -0.1) is 0 Å². The third-order valence-corrected chi connectivity index (χ3v) is 4.67. The summed E-state index contributed by atoms with van der Waals surface area (Å²) in [4.78, 5) is 4.42. The van der Waals surface area contributed by atoms with Gasteiger partial charge in [0.15, 0.2) is 0 Å². The highest BCUT2D eigenvalue weighted by Crippen LogP contribution is 2.51. The van der Waals surface area contributed by atoms with E-state index in [9.17, 15) is 5.11 Å². The SMILES string of the molecule is OOC1(O)CCCC2OC3CCCCC3C21. The largest absolute Gasteiger partial charge is 0.374 e. The van der Waals surface area contributed by atoms with Gasteiger partial charge in [-0.05, 0) is 31.6 Å². The lowest BCUT2D eigenvalue weighted by Gasteiger charge is -2.40. The molecule has 2 aliphatic carbocycles. The van der Waals surface area contributed by atoms with E-state index in [4.69, 9.17) is 9.99 Å². The fourth-order valence-corrected chi connectivity index (χ4v) is 3.99. The van der Waals surface area contributed by atoms with E-state index in [0.29, 0.717) is 12.3 Å². The summed E-state index contributed by atoms with van der Waals surface area (Å²) in [5, 5.41) is 19.3. The fraction of sp³-hybridized carbons (Fsp3) is 1.00. The highest BCUT2D eigenvalue weighted by molar-refractivity contribution is 5.00. The zero-order chi connectivity index (χ0) is 11.2. The Kier molecular flexibility index (Phi) is 2.70. The second-order valence-electron chi connectivity index (χ2n) is 5.52. The molecule has 5 atom stereocenters. The van der Waals surface area contributed by atoms with Crippen LogP contribution in [0.5, 0.6) is 0 Å². The van der Waals surface area contributed by atoms with Gasteiger partial charge in [0, 0.05) is 12.3 Å². The van der Waals surface area contributed by atoms with Gasteiger partial charge in [0.1, 0.15) is 0 Å². The molecular weight excluding hydrogens is 208 g/mol. The van der Waals surface area contributed by atoms with Crippen molar-refractivity contribution in [1.29, 1.82) is 0 Å². The predicted octanol–water partition coefficient (Wildman–Crippen LogP) is 1.92. The maximum Gasteiger partial charge on any atom is 0.204 e. The Bertz CT molecular complexity index is 270. The van der Waals surface area contributed by atoms with Crippen LogP contribution in [0.1, 0.15) is 44.9 Å². The summed E-state index contributed by atoms with van der Waals surface area (Å²) >= 11 is 0. The van der Waals surface area contributed by atoms with Crippen LogP contribution in [0, 0.1) is 11.8 Å². The van der Waals surface area contributed by atoms with Crippen LogP contribution < -0.4 is 0 Å². The van der Waals surface area contributed by atoms with Crippen molar-refractivity contribution in [3.8, 4) is 0 Å². The summed E-state index contributed by atoms with van der Waals surface area (Å²) in [6.45, 7) is 0. The van der Waals surface area contributed by atoms with Crippen LogP contribution in [0.2, 0.25) is 0 Å². The van der Waals surface area contributed by atoms with Gasteiger partial charge in [0.05, 0.1) is 12.2 Å². The summed E-state index contributed by atoms with van der Waals surface area (Å²) < 4.78 is 6.02. The Balaban J connectivity index is 1.86. The molecule has 0 aromatic rings. The summed E-state index contributed by atoms with van der Waals surface area (Å²) in [7, 11) is 0. The van der Waals surface area contributed by atoms with Gasteiger partial charge >= 0.3 is 0 Å². The lowest BCUT2D eigenvalue weighted by atomic mass is 9.70. The summed E-state index contributed by atoms with van der Waals surface area (Å²) in [6.07, 6.45) is 7.35. The van der Waals surface area contributed by atoms with E-state index in [1.807, 2.05) is 0 Å². The van der Waals surface area contributed by atoms with Gasteiger partial charge in [-0.2, -0.15) is 0 Å². The van der Waals surface area contributed by atoms with Crippen LogP contribution in [0.25, 0.3) is 0 Å². The van der Waals surface area contributed by atoms with E-state index in [-0.39, 0.29) is 18.1 Å². The second kappa shape index (κ2) is 3.95. The molecule has 1 heterocycles. The number of aliphatic hydroxyl groups is 1. The van der Waals surface area contributed by atoms with Gasteiger partial charge in [-0.25, -0.2) is 10.1 Å². The van der Waals surface area contributed by atoms with Crippen molar-refractivity contribution < 1.29 is 20.0 Å². The molecule has 4 heteroatoms.